The Bertz CT molecular complexity index is 3210. The molecule has 5 heterocycles. The van der Waals surface area contributed by atoms with Crippen molar-refractivity contribution in [2.45, 2.75) is 267 Å². The molecule has 21 rings (SSSR count). The number of hydrogen-bond acceptors (Lipinski definition) is 8. The number of aromatic nitrogens is 2. The van der Waals surface area contributed by atoms with Gasteiger partial charge in [0.1, 0.15) is 33.6 Å². The third kappa shape index (κ3) is 14.3. The molecule has 16 bridgehead atoms. The first-order chi connectivity index (χ1) is 46.1. The van der Waals surface area contributed by atoms with Crippen LogP contribution in [-0.2, 0) is 60.2 Å². The summed E-state index contributed by atoms with van der Waals surface area (Å²) in [5.74, 6) is 0. The fourth-order valence-corrected chi connectivity index (χ4v) is 33.5. The number of hydrogen-bond donors (Lipinski definition) is 0. The first-order valence-corrected chi connectivity index (χ1v) is 53.0. The topological polar surface area (TPSA) is 81.2 Å². The maximum atomic E-state index is 7.91. The van der Waals surface area contributed by atoms with Crippen molar-refractivity contribution in [1.82, 2.24) is 9.97 Å². The van der Waals surface area contributed by atoms with Gasteiger partial charge in [0.2, 0.25) is 0 Å². The van der Waals surface area contributed by atoms with Crippen LogP contribution in [0.1, 0.15) is 158 Å². The maximum absolute atomic E-state index is 7.91. The van der Waals surface area contributed by atoms with Gasteiger partial charge in [-0.25, -0.2) is 0 Å². The Morgan fingerprint density at radius 3 is 0.500 bits per heavy atom. The molecule has 2 aromatic heterocycles. The predicted octanol–water partition coefficient (Wildman–Crippen LogP) is 23.9. The zero-order valence-electron chi connectivity index (χ0n) is 62.4. The van der Waals surface area contributed by atoms with Gasteiger partial charge in [-0.05, 0) is 216 Å². The molecular formula is C82H120N2O6Si6. The lowest BCUT2D eigenvalue weighted by molar-refractivity contribution is 0.119. The molecule has 0 N–H and O–H groups in total. The molecule has 0 spiro atoms. The third-order valence-corrected chi connectivity index (χ3v) is 52.7. The Labute approximate surface area is 587 Å². The van der Waals surface area contributed by atoms with Gasteiger partial charge in [-0.15, -0.1) is 0 Å². The van der Waals surface area contributed by atoms with E-state index in [0.717, 1.165) is 165 Å². The molecule has 0 unspecified atom stereocenters. The summed E-state index contributed by atoms with van der Waals surface area (Å²) < 4.78 is 47.1. The summed E-state index contributed by atoms with van der Waals surface area (Å²) in [6, 6.07) is 54.6. The van der Waals surface area contributed by atoms with Crippen molar-refractivity contribution in [3.8, 4) is 22.5 Å². The average molecular weight is 1400 g/mol. The summed E-state index contributed by atoms with van der Waals surface area (Å²) in [5.41, 5.74) is 5.31. The van der Waals surface area contributed by atoms with E-state index in [4.69, 9.17) is 36.5 Å². The Hall–Kier alpha value is -4.54. The highest BCUT2D eigenvalue weighted by Gasteiger charge is 2.51. The maximum Gasteiger partial charge on any atom is 0.194 e. The summed E-state index contributed by atoms with van der Waals surface area (Å²) in [6.45, 7) is 41.9. The van der Waals surface area contributed by atoms with Gasteiger partial charge in [0.05, 0.1) is 11.4 Å². The normalized spacial score (nSPS) is 24.1. The Kier molecular flexibility index (Phi) is 24.2. The Morgan fingerprint density at radius 2 is 0.354 bits per heavy atom. The minimum Gasteiger partial charge on any atom is -0.401 e. The quantitative estimate of drug-likeness (QED) is 0.0332. The molecule has 0 amide bonds. The van der Waals surface area contributed by atoms with Gasteiger partial charge >= 0.3 is 0 Å². The van der Waals surface area contributed by atoms with E-state index in [0.29, 0.717) is 0 Å². The van der Waals surface area contributed by atoms with E-state index in [9.17, 15) is 0 Å². The first kappa shape index (κ1) is 75.7. The van der Waals surface area contributed by atoms with Crippen molar-refractivity contribution in [2.75, 3.05) is 0 Å². The van der Waals surface area contributed by atoms with E-state index in [1.807, 2.05) is 0 Å². The number of rotatable bonds is 30. The van der Waals surface area contributed by atoms with Crippen LogP contribution in [0.2, 0.25) is 109 Å². The van der Waals surface area contributed by atoms with E-state index in [1.54, 1.807) is 0 Å². The zero-order valence-corrected chi connectivity index (χ0v) is 68.4. The van der Waals surface area contributed by atoms with E-state index in [1.165, 1.54) is 0 Å². The van der Waals surface area contributed by atoms with Crippen LogP contribution in [0.25, 0.3) is 22.5 Å². The molecule has 0 atom stereocenters. The van der Waals surface area contributed by atoms with Crippen molar-refractivity contribution in [2.24, 2.45) is 0 Å². The van der Waals surface area contributed by atoms with Crippen LogP contribution < -0.4 is 0 Å². The fraction of sp³-hybridized carbons (Fsp3) is 0.512. The van der Waals surface area contributed by atoms with Gasteiger partial charge in [-0.3, -0.25) is 9.97 Å². The summed E-state index contributed by atoms with van der Waals surface area (Å²) in [6.07, 6.45) is 32.3. The second-order valence-electron chi connectivity index (χ2n) is 28.4. The highest BCUT2D eigenvalue weighted by molar-refractivity contribution is 6.76. The fourth-order valence-electron chi connectivity index (χ4n) is 16.1. The third-order valence-electron chi connectivity index (χ3n) is 24.9. The van der Waals surface area contributed by atoms with E-state index >= 15 is 0 Å². The molecule has 13 aliphatic carbocycles. The first-order valence-electron chi connectivity index (χ1n) is 37.8. The molecule has 8 nitrogen and oxygen atoms in total. The van der Waals surface area contributed by atoms with Crippen LogP contribution in [0.3, 0.4) is 0 Å². The average Bonchev–Trinajstić information content (AvgIpc) is 0.748. The van der Waals surface area contributed by atoms with Crippen LogP contribution in [0.4, 0.5) is 0 Å². The minimum absolute atomic E-state index is 0.805. The molecular weight excluding hydrogens is 1280 g/mol. The standard InChI is InChI=1S/C82H120N2O6Si6/c1-19-91(20-2,21-3)85-77-53-55-78(56-54-77,86-92(22-4,23-5)24-6)70-43-39-68(40-44-70)76-52-50-74(66-84-76)82(90-96(34-16,35-17)36-18)63-59-80(60-64-82,88-94(28-10,29-11)30-12)72-47-45-71(46-48-72)79(87-93(25-7,26-8)27-9)57-61-81(62-58-79,89-95(31-13,32-14)33-15)73-49-51-75(83-65-73)67-37-41-69(77)42-38-67/h37-66H,19-36H2,1-18H3. The molecule has 0 radical (unpaired) electrons. The lowest BCUT2D eigenvalue weighted by atomic mass is 9.79. The second kappa shape index (κ2) is 30.7. The number of pyridine rings is 2. The van der Waals surface area contributed by atoms with Gasteiger partial charge < -0.3 is 26.6 Å². The van der Waals surface area contributed by atoms with Crippen LogP contribution in [-0.4, -0.2) is 59.9 Å². The largest absolute Gasteiger partial charge is 0.401 e. The van der Waals surface area contributed by atoms with Gasteiger partial charge in [0, 0.05) is 34.6 Å². The number of nitrogens with zero attached hydrogens (tertiary/aromatic N) is 2. The summed E-state index contributed by atoms with van der Waals surface area (Å²) in [7, 11) is -13.6. The molecule has 16 aliphatic rings. The Balaban J connectivity index is 1.30. The second-order valence-corrected chi connectivity index (χ2v) is 56.6. The van der Waals surface area contributed by atoms with E-state index < -0.39 is 83.5 Å². The van der Waals surface area contributed by atoms with E-state index in [-0.39, 0.29) is 0 Å². The van der Waals surface area contributed by atoms with Crippen molar-refractivity contribution >= 4 is 49.9 Å². The zero-order chi connectivity index (χ0) is 69.4. The van der Waals surface area contributed by atoms with Gasteiger partial charge in [-0.2, -0.15) is 0 Å². The molecule has 3 aromatic carbocycles. The highest BCUT2D eigenvalue weighted by atomic mass is 28.4. The molecule has 0 saturated carbocycles. The van der Waals surface area contributed by atoms with E-state index in [2.05, 4.69) is 307 Å². The van der Waals surface area contributed by atoms with Crippen LogP contribution in [0, 0.1) is 0 Å². The van der Waals surface area contributed by atoms with Gasteiger partial charge in [0.25, 0.3) is 0 Å². The predicted molar refractivity (Wildman–Crippen MR) is 420 cm³/mol. The van der Waals surface area contributed by atoms with Crippen molar-refractivity contribution in [3.05, 3.63) is 216 Å². The SMILES string of the molecule is CC[Si](CC)(CC)OC12C=CC(O[Si](CC)(CC)CC)(C=C1)c1ccc(cc1)-c1ccc(cn1)C1(O[Si](CC)(CC)CC)C=CC(O[Si](CC)(CC)CC)(C=C1)c1ccc(cc1)C1(O[Si](CC)(CC)CC)C=CC(O[Si](CC)(CC)CC)(C=C1)c1ccc(nc1)-c1ccc2cc1. The molecule has 518 valence electrons. The van der Waals surface area contributed by atoms with Crippen LogP contribution >= 0.6 is 0 Å². The molecule has 96 heavy (non-hydrogen) atoms. The highest BCUT2D eigenvalue weighted by Crippen LogP contribution is 2.51. The lowest BCUT2D eigenvalue weighted by Gasteiger charge is -2.46. The molecule has 0 fully saturated rings. The van der Waals surface area contributed by atoms with Gasteiger partial charge in [0.15, 0.2) is 49.9 Å². The van der Waals surface area contributed by atoms with Crippen molar-refractivity contribution in [1.29, 1.82) is 0 Å². The van der Waals surface area contributed by atoms with Crippen molar-refractivity contribution < 1.29 is 26.6 Å². The number of benzene rings is 3. The summed E-state index contributed by atoms with van der Waals surface area (Å²) >= 11 is 0. The van der Waals surface area contributed by atoms with Crippen molar-refractivity contribution in [3.63, 3.8) is 0 Å². The van der Waals surface area contributed by atoms with Crippen LogP contribution in [0.5, 0.6) is 0 Å². The minimum atomic E-state index is -2.28. The summed E-state index contributed by atoms with van der Waals surface area (Å²) in [4.78, 5) is 10.7. The van der Waals surface area contributed by atoms with Gasteiger partial charge in [-0.1, -0.05) is 210 Å². The molecule has 5 aromatic rings. The Morgan fingerprint density at radius 1 is 0.208 bits per heavy atom. The summed E-state index contributed by atoms with van der Waals surface area (Å²) in [5, 5.41) is 0. The smallest absolute Gasteiger partial charge is 0.194 e. The lowest BCUT2D eigenvalue weighted by Crippen LogP contribution is -2.48. The van der Waals surface area contributed by atoms with Crippen LogP contribution in [0.15, 0.2) is 182 Å². The monoisotopic (exact) mass is 1400 g/mol. The molecule has 0 saturated heterocycles. The molecule has 14 heteroatoms. The molecule has 3 aliphatic heterocycles.